The summed E-state index contributed by atoms with van der Waals surface area (Å²) in [6.45, 7) is 8.82. The molecule has 0 aliphatic rings. The van der Waals surface area contributed by atoms with Crippen molar-refractivity contribution in [3.63, 3.8) is 0 Å². The van der Waals surface area contributed by atoms with E-state index >= 15 is 0 Å². The Labute approximate surface area is 135 Å². The first-order valence-corrected chi connectivity index (χ1v) is 7.83. The molecule has 1 aromatic carbocycles. The van der Waals surface area contributed by atoms with Gasteiger partial charge in [0.2, 0.25) is 0 Å². The van der Waals surface area contributed by atoms with Crippen molar-refractivity contribution in [1.29, 1.82) is 0 Å². The lowest BCUT2D eigenvalue weighted by Crippen LogP contribution is -2.39. The zero-order valence-electron chi connectivity index (χ0n) is 14.9. The quantitative estimate of drug-likeness (QED) is 0.689. The Kier molecular flexibility index (Phi) is 6.98. The first-order valence-electron chi connectivity index (χ1n) is 7.83. The first kappa shape index (κ1) is 18.6. The summed E-state index contributed by atoms with van der Waals surface area (Å²) in [4.78, 5) is 16.8. The van der Waals surface area contributed by atoms with Crippen LogP contribution < -0.4 is 0 Å². The van der Waals surface area contributed by atoms with Gasteiger partial charge in [-0.2, -0.15) is 0 Å². The number of likely N-dealkylation sites (N-methyl/N-ethyl adjacent to an activating group) is 2. The monoisotopic (exact) mass is 302 g/mol. The number of carbonyl (C=O) groups excluding carboxylic acids is 1. The molecule has 0 aliphatic carbocycles. The highest BCUT2D eigenvalue weighted by atomic mass is 16.1. The van der Waals surface area contributed by atoms with Crippen LogP contribution in [-0.4, -0.2) is 56.4 Å². The van der Waals surface area contributed by atoms with Gasteiger partial charge in [0.15, 0.2) is 5.78 Å². The van der Waals surface area contributed by atoms with Gasteiger partial charge in [0, 0.05) is 25.0 Å². The summed E-state index contributed by atoms with van der Waals surface area (Å²) in [5.74, 6) is 0.171. The molecule has 1 rings (SSSR count). The Hall–Kier alpha value is -1.45. The second-order valence-corrected chi connectivity index (χ2v) is 7.03. The number of rotatable bonds is 8. The van der Waals surface area contributed by atoms with Gasteiger partial charge in [0.25, 0.3) is 0 Å². The second kappa shape index (κ2) is 8.25. The predicted molar refractivity (Wildman–Crippen MR) is 95.1 cm³/mol. The van der Waals surface area contributed by atoms with E-state index in [0.29, 0.717) is 0 Å². The summed E-state index contributed by atoms with van der Waals surface area (Å²) in [5.41, 5.74) is 1.92. The Balaban J connectivity index is 2.59. The summed E-state index contributed by atoms with van der Waals surface area (Å²) in [5, 5.41) is 0. The highest BCUT2D eigenvalue weighted by molar-refractivity contribution is 5.97. The molecule has 0 heterocycles. The molecule has 1 aromatic rings. The summed E-state index contributed by atoms with van der Waals surface area (Å²) in [6, 6.07) is 8.19. The summed E-state index contributed by atoms with van der Waals surface area (Å²) in [6.07, 6.45) is 3.62. The Morgan fingerprint density at radius 1 is 1.09 bits per heavy atom. The fraction of sp³-hybridized carbons (Fsp3) is 0.526. The molecule has 0 saturated heterocycles. The molecule has 0 aliphatic heterocycles. The Morgan fingerprint density at radius 3 is 2.23 bits per heavy atom. The van der Waals surface area contributed by atoms with Gasteiger partial charge in [-0.25, -0.2) is 0 Å². The van der Waals surface area contributed by atoms with E-state index < -0.39 is 0 Å². The van der Waals surface area contributed by atoms with Gasteiger partial charge < -0.3 is 9.80 Å². The average Bonchev–Trinajstić information content (AvgIpc) is 2.43. The molecule has 0 radical (unpaired) electrons. The minimum absolute atomic E-state index is 0.171. The van der Waals surface area contributed by atoms with Gasteiger partial charge in [-0.1, -0.05) is 49.8 Å². The molecule has 3 heteroatoms. The van der Waals surface area contributed by atoms with Crippen LogP contribution >= 0.6 is 0 Å². The number of nitrogens with zero attached hydrogens (tertiary/aromatic N) is 2. The molecule has 0 bridgehead atoms. The fourth-order valence-electron chi connectivity index (χ4n) is 2.28. The smallest absolute Gasteiger partial charge is 0.162 e. The molecule has 0 atom stereocenters. The zero-order chi connectivity index (χ0) is 16.8. The number of ketones is 1. The molecule has 0 spiro atoms. The lowest BCUT2D eigenvalue weighted by atomic mass is 9.87. The van der Waals surface area contributed by atoms with Crippen LogP contribution in [-0.2, 0) is 4.79 Å². The molecule has 0 aromatic heterocycles. The van der Waals surface area contributed by atoms with E-state index in [9.17, 15) is 4.79 Å². The van der Waals surface area contributed by atoms with Crippen LogP contribution in [0.25, 0.3) is 6.08 Å². The number of benzene rings is 1. The first-order chi connectivity index (χ1) is 10.2. The molecule has 0 unspecified atom stereocenters. The van der Waals surface area contributed by atoms with E-state index in [1.165, 1.54) is 5.56 Å². The van der Waals surface area contributed by atoms with Gasteiger partial charge in [-0.05, 0) is 39.7 Å². The van der Waals surface area contributed by atoms with Crippen LogP contribution in [0.1, 0.15) is 25.0 Å². The van der Waals surface area contributed by atoms with Crippen molar-refractivity contribution < 1.29 is 4.79 Å². The number of hydrogen-bond acceptors (Lipinski definition) is 3. The Morgan fingerprint density at radius 2 is 1.68 bits per heavy atom. The summed E-state index contributed by atoms with van der Waals surface area (Å²) >= 11 is 0. The highest BCUT2D eigenvalue weighted by Gasteiger charge is 2.26. The number of allylic oxidation sites excluding steroid dienone is 1. The molecule has 0 saturated carbocycles. The average molecular weight is 302 g/mol. The van der Waals surface area contributed by atoms with Gasteiger partial charge in [-0.3, -0.25) is 4.79 Å². The van der Waals surface area contributed by atoms with Crippen molar-refractivity contribution >= 4 is 11.9 Å². The van der Waals surface area contributed by atoms with Crippen molar-refractivity contribution in [3.05, 3.63) is 41.5 Å². The van der Waals surface area contributed by atoms with Crippen LogP contribution in [0, 0.1) is 12.3 Å². The number of hydrogen-bond donors (Lipinski definition) is 0. The predicted octanol–water partition coefficient (Wildman–Crippen LogP) is 3.10. The van der Waals surface area contributed by atoms with Crippen molar-refractivity contribution in [1.82, 2.24) is 9.80 Å². The van der Waals surface area contributed by atoms with E-state index in [0.717, 1.165) is 25.2 Å². The van der Waals surface area contributed by atoms with Crippen molar-refractivity contribution in [2.45, 2.75) is 20.8 Å². The largest absolute Gasteiger partial charge is 0.308 e. The maximum Gasteiger partial charge on any atom is 0.162 e. The molecule has 22 heavy (non-hydrogen) atoms. The lowest BCUT2D eigenvalue weighted by molar-refractivity contribution is -0.122. The van der Waals surface area contributed by atoms with E-state index in [1.54, 1.807) is 6.08 Å². The van der Waals surface area contributed by atoms with Crippen molar-refractivity contribution in [3.8, 4) is 0 Å². The van der Waals surface area contributed by atoms with E-state index in [4.69, 9.17) is 0 Å². The fourth-order valence-corrected chi connectivity index (χ4v) is 2.28. The number of carbonyl (C=O) groups is 1. The molecule has 0 N–H and O–H groups in total. The van der Waals surface area contributed by atoms with Crippen LogP contribution in [0.5, 0.6) is 0 Å². The maximum absolute atomic E-state index is 12.5. The van der Waals surface area contributed by atoms with E-state index in [2.05, 4.69) is 50.0 Å². The third kappa shape index (κ3) is 6.54. The number of aryl methyl sites for hydroxylation is 1. The normalized spacial score (nSPS) is 12.5. The molecule has 122 valence electrons. The molecule has 0 amide bonds. The Bertz CT molecular complexity index is 501. The standard InChI is InChI=1S/C19H30N2O/c1-16-7-9-17(10-8-16)11-12-18(22)19(2,3)15-21(6)14-13-20(4)5/h7-12H,13-15H2,1-6H3. The minimum Gasteiger partial charge on any atom is -0.308 e. The summed E-state index contributed by atoms with van der Waals surface area (Å²) in [7, 11) is 6.20. The SMILES string of the molecule is Cc1ccc(C=CC(=O)C(C)(C)CN(C)CCN(C)C)cc1. The molecule has 0 fully saturated rings. The lowest BCUT2D eigenvalue weighted by Gasteiger charge is -2.28. The van der Waals surface area contributed by atoms with Crippen molar-refractivity contribution in [2.24, 2.45) is 5.41 Å². The minimum atomic E-state index is -0.373. The third-order valence-corrected chi connectivity index (χ3v) is 3.77. The van der Waals surface area contributed by atoms with Gasteiger partial charge in [0.1, 0.15) is 0 Å². The summed E-state index contributed by atoms with van der Waals surface area (Å²) < 4.78 is 0. The molecule has 3 nitrogen and oxygen atoms in total. The van der Waals surface area contributed by atoms with Crippen LogP contribution in [0.4, 0.5) is 0 Å². The third-order valence-electron chi connectivity index (χ3n) is 3.77. The highest BCUT2D eigenvalue weighted by Crippen LogP contribution is 2.19. The van der Waals surface area contributed by atoms with Gasteiger partial charge in [0.05, 0.1) is 0 Å². The van der Waals surface area contributed by atoms with Gasteiger partial charge >= 0.3 is 0 Å². The van der Waals surface area contributed by atoms with Crippen LogP contribution in [0.3, 0.4) is 0 Å². The van der Waals surface area contributed by atoms with Crippen LogP contribution in [0.2, 0.25) is 0 Å². The van der Waals surface area contributed by atoms with Crippen LogP contribution in [0.15, 0.2) is 30.3 Å². The maximum atomic E-state index is 12.5. The second-order valence-electron chi connectivity index (χ2n) is 7.03. The molecular weight excluding hydrogens is 272 g/mol. The van der Waals surface area contributed by atoms with E-state index in [1.807, 2.05) is 32.1 Å². The topological polar surface area (TPSA) is 23.6 Å². The zero-order valence-corrected chi connectivity index (χ0v) is 14.9. The molecular formula is C19H30N2O. The van der Waals surface area contributed by atoms with Crippen molar-refractivity contribution in [2.75, 3.05) is 40.8 Å². The van der Waals surface area contributed by atoms with Gasteiger partial charge in [-0.15, -0.1) is 0 Å². The van der Waals surface area contributed by atoms with E-state index in [-0.39, 0.29) is 11.2 Å².